The molecular weight excluding hydrogens is 430 g/mol. The molecule has 0 aliphatic heterocycles. The lowest BCUT2D eigenvalue weighted by molar-refractivity contribution is 0.225. The normalized spacial score (nSPS) is 23.9. The third kappa shape index (κ3) is 2.56. The molecule has 1 fully saturated rings. The third-order valence-corrected chi connectivity index (χ3v) is 9.56. The Balaban J connectivity index is 1.53. The van der Waals surface area contributed by atoms with Gasteiger partial charge in [0.1, 0.15) is 11.4 Å². The van der Waals surface area contributed by atoms with E-state index in [2.05, 4.69) is 88.2 Å². The summed E-state index contributed by atoms with van der Waals surface area (Å²) in [4.78, 5) is 5.37. The van der Waals surface area contributed by atoms with Crippen LogP contribution in [0.4, 0.5) is 0 Å². The van der Waals surface area contributed by atoms with Crippen LogP contribution in [0.25, 0.3) is 39.6 Å². The maximum absolute atomic E-state index is 5.37. The van der Waals surface area contributed by atoms with Gasteiger partial charge >= 0.3 is 0 Å². The molecule has 2 N–H and O–H groups in total. The molecule has 0 amide bonds. The van der Waals surface area contributed by atoms with Crippen LogP contribution in [0.1, 0.15) is 88.4 Å². The zero-order chi connectivity index (χ0) is 24.3. The second-order valence-electron chi connectivity index (χ2n) is 12.6. The molecule has 178 valence electrons. The van der Waals surface area contributed by atoms with E-state index in [1.54, 1.807) is 0 Å². The largest absolute Gasteiger partial charge is 0.281 e. The van der Waals surface area contributed by atoms with E-state index in [4.69, 9.17) is 15.2 Å². The molecule has 2 bridgehead atoms. The van der Waals surface area contributed by atoms with Crippen molar-refractivity contribution in [2.75, 3.05) is 0 Å². The monoisotopic (exact) mass is 463 g/mol. The number of fused-ring (bicyclic) bond motifs is 5. The van der Waals surface area contributed by atoms with Crippen molar-refractivity contribution in [3.8, 4) is 22.8 Å². The first kappa shape index (κ1) is 21.1. The molecule has 35 heavy (non-hydrogen) atoms. The molecule has 5 nitrogen and oxygen atoms in total. The van der Waals surface area contributed by atoms with Gasteiger partial charge in [0.05, 0.1) is 11.4 Å². The van der Waals surface area contributed by atoms with Gasteiger partial charge in [-0.2, -0.15) is 10.2 Å². The number of aromatic amines is 2. The number of H-pyrrole nitrogens is 2. The Kier molecular flexibility index (Phi) is 3.92. The van der Waals surface area contributed by atoms with Crippen molar-refractivity contribution in [3.05, 3.63) is 58.4 Å². The minimum absolute atomic E-state index is 0.00750. The van der Waals surface area contributed by atoms with Gasteiger partial charge in [-0.25, -0.2) is 4.98 Å². The van der Waals surface area contributed by atoms with Crippen molar-refractivity contribution in [2.24, 2.45) is 5.41 Å². The average Bonchev–Trinajstić information content (AvgIpc) is 3.55. The molecule has 7 rings (SSSR count). The summed E-state index contributed by atoms with van der Waals surface area (Å²) in [6.45, 7) is 13.9. The van der Waals surface area contributed by atoms with Gasteiger partial charge < -0.3 is 0 Å². The average molecular weight is 464 g/mol. The number of rotatable bonds is 2. The topological polar surface area (TPSA) is 70.2 Å². The maximum atomic E-state index is 5.37. The molecule has 5 heteroatoms. The number of pyridine rings is 1. The van der Waals surface area contributed by atoms with Crippen LogP contribution in [0.2, 0.25) is 0 Å². The molecule has 2 atom stereocenters. The molecule has 0 saturated heterocycles. The van der Waals surface area contributed by atoms with Gasteiger partial charge in [-0.1, -0.05) is 71.9 Å². The third-order valence-electron chi connectivity index (χ3n) is 9.56. The summed E-state index contributed by atoms with van der Waals surface area (Å²) in [5.41, 5.74) is 10.6. The smallest absolute Gasteiger partial charge is 0.115 e. The van der Waals surface area contributed by atoms with E-state index in [-0.39, 0.29) is 16.2 Å². The zero-order valence-corrected chi connectivity index (χ0v) is 21.5. The van der Waals surface area contributed by atoms with Crippen LogP contribution in [0.3, 0.4) is 0 Å². The molecule has 0 spiro atoms. The quantitative estimate of drug-likeness (QED) is 0.334. The Hall–Kier alpha value is -3.21. The predicted octanol–water partition coefficient (Wildman–Crippen LogP) is 7.06. The molecule has 1 saturated carbocycles. The van der Waals surface area contributed by atoms with Gasteiger partial charge in [0.2, 0.25) is 0 Å². The predicted molar refractivity (Wildman–Crippen MR) is 141 cm³/mol. The number of hydrogen-bond donors (Lipinski definition) is 2. The zero-order valence-electron chi connectivity index (χ0n) is 21.5. The highest BCUT2D eigenvalue weighted by atomic mass is 15.2. The van der Waals surface area contributed by atoms with E-state index in [9.17, 15) is 0 Å². The Bertz CT molecular complexity index is 1560. The number of allylic oxidation sites excluding steroid dienone is 1. The summed E-state index contributed by atoms with van der Waals surface area (Å²) in [5.74, 6) is 0.505. The van der Waals surface area contributed by atoms with Gasteiger partial charge in [-0.05, 0) is 47.6 Å². The van der Waals surface area contributed by atoms with Gasteiger partial charge in [-0.15, -0.1) is 0 Å². The summed E-state index contributed by atoms with van der Waals surface area (Å²) in [6, 6.07) is 8.80. The van der Waals surface area contributed by atoms with E-state index < -0.39 is 0 Å². The highest BCUT2D eigenvalue weighted by Gasteiger charge is 2.61. The Morgan fingerprint density at radius 3 is 2.60 bits per heavy atom. The van der Waals surface area contributed by atoms with Crippen LogP contribution in [-0.4, -0.2) is 25.4 Å². The van der Waals surface area contributed by atoms with Crippen molar-refractivity contribution in [2.45, 2.75) is 77.6 Å². The highest BCUT2D eigenvalue weighted by molar-refractivity contribution is 6.05. The van der Waals surface area contributed by atoms with Crippen molar-refractivity contribution in [1.82, 2.24) is 25.4 Å². The van der Waals surface area contributed by atoms with Crippen LogP contribution in [0.5, 0.6) is 0 Å². The van der Waals surface area contributed by atoms with Crippen LogP contribution in [0, 0.1) is 5.41 Å². The molecule has 4 aromatic rings. The number of nitrogens with one attached hydrogen (secondary N) is 2. The molecule has 0 radical (unpaired) electrons. The summed E-state index contributed by atoms with van der Waals surface area (Å²) in [6.07, 6.45) is 7.85. The van der Waals surface area contributed by atoms with E-state index in [0.29, 0.717) is 5.92 Å². The SMILES string of the molecule is CC(C)(C)c1cc(-c2nc(-c3n[nH]c4c3C3CCC4(C)C3(C)C)c3cccc4c3c2C=CC4)n[nH]1. The fourth-order valence-corrected chi connectivity index (χ4v) is 7.05. The lowest BCUT2D eigenvalue weighted by Gasteiger charge is -2.34. The van der Waals surface area contributed by atoms with Gasteiger partial charge in [0.25, 0.3) is 0 Å². The molecule has 3 heterocycles. The van der Waals surface area contributed by atoms with Gasteiger partial charge in [-0.3, -0.25) is 10.2 Å². The summed E-state index contributed by atoms with van der Waals surface area (Å²) < 4.78 is 0. The summed E-state index contributed by atoms with van der Waals surface area (Å²) in [5, 5.41) is 18.9. The van der Waals surface area contributed by atoms with Crippen LogP contribution >= 0.6 is 0 Å². The van der Waals surface area contributed by atoms with Crippen LogP contribution in [0.15, 0.2) is 30.3 Å². The maximum Gasteiger partial charge on any atom is 0.115 e. The van der Waals surface area contributed by atoms with Crippen molar-refractivity contribution in [3.63, 3.8) is 0 Å². The van der Waals surface area contributed by atoms with Crippen LogP contribution in [-0.2, 0) is 17.3 Å². The number of hydrogen-bond acceptors (Lipinski definition) is 3. The van der Waals surface area contributed by atoms with E-state index in [0.717, 1.165) is 34.9 Å². The van der Waals surface area contributed by atoms with E-state index >= 15 is 0 Å². The van der Waals surface area contributed by atoms with Crippen molar-refractivity contribution < 1.29 is 0 Å². The van der Waals surface area contributed by atoms with Gasteiger partial charge in [0, 0.05) is 38.7 Å². The van der Waals surface area contributed by atoms with E-state index in [1.165, 1.54) is 46.0 Å². The minimum Gasteiger partial charge on any atom is -0.281 e. The number of benzene rings is 1. The molecule has 3 aromatic heterocycles. The fraction of sp³-hybridized carbons (Fsp3) is 0.433. The first-order valence-corrected chi connectivity index (χ1v) is 12.9. The molecule has 3 aliphatic rings. The van der Waals surface area contributed by atoms with Crippen LogP contribution < -0.4 is 0 Å². The first-order chi connectivity index (χ1) is 16.6. The molecule has 3 aliphatic carbocycles. The molecule has 1 aromatic carbocycles. The van der Waals surface area contributed by atoms with Crippen molar-refractivity contribution in [1.29, 1.82) is 0 Å². The lowest BCUT2D eigenvalue weighted by atomic mass is 9.70. The highest BCUT2D eigenvalue weighted by Crippen LogP contribution is 2.68. The standard InChI is InChI=1S/C30H33N5/c1-28(2,3)21-15-20(32-33-21)24-17-11-7-9-16-10-8-12-18(22(16)17)25(31-24)26-23-19-13-14-30(6,29(19,4)5)27(23)35-34-26/h7-8,10-12,15,19H,9,13-14H2,1-6H3,(H,32,33)(H,34,35). The first-order valence-electron chi connectivity index (χ1n) is 12.9. The lowest BCUT2D eigenvalue weighted by Crippen LogP contribution is -2.32. The minimum atomic E-state index is -0.00750. The number of nitrogens with zero attached hydrogens (tertiary/aromatic N) is 3. The second kappa shape index (κ2) is 6.51. The van der Waals surface area contributed by atoms with Gasteiger partial charge in [0.15, 0.2) is 0 Å². The Labute approximate surface area is 206 Å². The van der Waals surface area contributed by atoms with E-state index in [1.807, 2.05) is 0 Å². The summed E-state index contributed by atoms with van der Waals surface area (Å²) in [7, 11) is 0. The Morgan fingerprint density at radius 1 is 1.00 bits per heavy atom. The second-order valence-corrected chi connectivity index (χ2v) is 12.6. The Morgan fingerprint density at radius 2 is 1.83 bits per heavy atom. The van der Waals surface area contributed by atoms with Crippen molar-refractivity contribution >= 4 is 16.8 Å². The molecule has 2 unspecified atom stereocenters. The molecular formula is C30H33N5. The summed E-state index contributed by atoms with van der Waals surface area (Å²) >= 11 is 0. The number of aromatic nitrogens is 5. The fourth-order valence-electron chi connectivity index (χ4n) is 7.05.